The van der Waals surface area contributed by atoms with Gasteiger partial charge in [-0.1, -0.05) is 13.0 Å². The third-order valence-electron chi connectivity index (χ3n) is 1.91. The minimum Gasteiger partial charge on any atom is -0.300 e. The lowest BCUT2D eigenvalue weighted by molar-refractivity contribution is -0.119. The molecule has 13 heavy (non-hydrogen) atoms. The molecule has 0 bridgehead atoms. The molecule has 0 N–H and O–H groups in total. The van der Waals surface area contributed by atoms with Crippen molar-refractivity contribution < 1.29 is 4.79 Å². The van der Waals surface area contributed by atoms with E-state index < -0.39 is 0 Å². The molecule has 0 saturated carbocycles. The Balaban J connectivity index is 2.31. The maximum atomic E-state index is 11.2. The van der Waals surface area contributed by atoms with Gasteiger partial charge in [0.1, 0.15) is 5.78 Å². The quantitative estimate of drug-likeness (QED) is 0.691. The van der Waals surface area contributed by atoms with E-state index in [2.05, 4.69) is 4.98 Å². The third-order valence-corrected chi connectivity index (χ3v) is 1.91. The van der Waals surface area contributed by atoms with E-state index in [0.29, 0.717) is 18.6 Å². The second kappa shape index (κ2) is 5.46. The Labute approximate surface area is 79.0 Å². The van der Waals surface area contributed by atoms with Crippen LogP contribution in [-0.4, -0.2) is 10.8 Å². The van der Waals surface area contributed by atoms with Crippen LogP contribution in [0.3, 0.4) is 0 Å². The molecule has 2 heteroatoms. The van der Waals surface area contributed by atoms with Crippen LogP contribution in [0.25, 0.3) is 0 Å². The maximum absolute atomic E-state index is 11.2. The van der Waals surface area contributed by atoms with Gasteiger partial charge in [0.2, 0.25) is 0 Å². The Hall–Kier alpha value is -1.18. The van der Waals surface area contributed by atoms with Crippen molar-refractivity contribution in [2.75, 3.05) is 0 Å². The van der Waals surface area contributed by atoms with Crippen LogP contribution in [0.1, 0.15) is 31.9 Å². The highest BCUT2D eigenvalue weighted by Gasteiger charge is 2.00. The molecule has 0 radical (unpaired) electrons. The van der Waals surface area contributed by atoms with Gasteiger partial charge in [-0.05, 0) is 25.0 Å². The van der Waals surface area contributed by atoms with Gasteiger partial charge in [-0.15, -0.1) is 0 Å². The predicted octanol–water partition coefficient (Wildman–Crippen LogP) is 2.38. The number of hydrogen-bond donors (Lipinski definition) is 0. The lowest BCUT2D eigenvalue weighted by Gasteiger charge is -1.98. The maximum Gasteiger partial charge on any atom is 0.133 e. The van der Waals surface area contributed by atoms with Crippen LogP contribution in [0.4, 0.5) is 0 Å². The fraction of sp³-hybridized carbons (Fsp3) is 0.455. The number of aryl methyl sites for hydroxylation is 1. The standard InChI is InChI=1S/C11H15NO/c1-2-5-11(13)8-7-10-6-3-4-9-12-10/h3-4,6,9H,2,5,7-8H2,1H3. The summed E-state index contributed by atoms with van der Waals surface area (Å²) in [6.07, 6.45) is 4.82. The Bertz CT molecular complexity index is 256. The summed E-state index contributed by atoms with van der Waals surface area (Å²) in [7, 11) is 0. The fourth-order valence-electron chi connectivity index (χ4n) is 1.22. The summed E-state index contributed by atoms with van der Waals surface area (Å²) in [5.74, 6) is 0.341. The fourth-order valence-corrected chi connectivity index (χ4v) is 1.22. The van der Waals surface area contributed by atoms with E-state index in [0.717, 1.165) is 18.5 Å². The monoisotopic (exact) mass is 177 g/mol. The number of nitrogens with zero attached hydrogens (tertiary/aromatic N) is 1. The lowest BCUT2D eigenvalue weighted by Crippen LogP contribution is -2.00. The average molecular weight is 177 g/mol. The molecule has 0 amide bonds. The van der Waals surface area contributed by atoms with Crippen LogP contribution in [-0.2, 0) is 11.2 Å². The summed E-state index contributed by atoms with van der Waals surface area (Å²) in [6.45, 7) is 2.03. The van der Waals surface area contributed by atoms with Crippen molar-refractivity contribution in [2.24, 2.45) is 0 Å². The largest absolute Gasteiger partial charge is 0.300 e. The van der Waals surface area contributed by atoms with Gasteiger partial charge in [-0.2, -0.15) is 0 Å². The Morgan fingerprint density at radius 2 is 2.23 bits per heavy atom. The zero-order valence-electron chi connectivity index (χ0n) is 7.99. The molecular formula is C11H15NO. The molecule has 0 fully saturated rings. The highest BCUT2D eigenvalue weighted by Crippen LogP contribution is 2.01. The van der Waals surface area contributed by atoms with Crippen molar-refractivity contribution in [2.45, 2.75) is 32.6 Å². The highest BCUT2D eigenvalue weighted by atomic mass is 16.1. The van der Waals surface area contributed by atoms with Crippen molar-refractivity contribution in [3.63, 3.8) is 0 Å². The number of Topliss-reactive ketones (excluding diaryl/α,β-unsaturated/α-hetero) is 1. The van der Waals surface area contributed by atoms with Crippen molar-refractivity contribution in [3.05, 3.63) is 30.1 Å². The normalized spacial score (nSPS) is 9.92. The van der Waals surface area contributed by atoms with Gasteiger partial charge < -0.3 is 0 Å². The number of carbonyl (C=O) groups is 1. The molecule has 0 aliphatic heterocycles. The Morgan fingerprint density at radius 1 is 1.38 bits per heavy atom. The molecule has 1 aromatic heterocycles. The van der Waals surface area contributed by atoms with Crippen LogP contribution >= 0.6 is 0 Å². The molecule has 2 nitrogen and oxygen atoms in total. The van der Waals surface area contributed by atoms with Gasteiger partial charge >= 0.3 is 0 Å². The molecular weight excluding hydrogens is 162 g/mol. The van der Waals surface area contributed by atoms with Crippen molar-refractivity contribution in [3.8, 4) is 0 Å². The molecule has 1 heterocycles. The summed E-state index contributed by atoms with van der Waals surface area (Å²) < 4.78 is 0. The van der Waals surface area contributed by atoms with E-state index in [1.807, 2.05) is 25.1 Å². The van der Waals surface area contributed by atoms with Gasteiger partial charge in [-0.3, -0.25) is 9.78 Å². The van der Waals surface area contributed by atoms with Crippen LogP contribution in [0.15, 0.2) is 24.4 Å². The number of rotatable bonds is 5. The number of aromatic nitrogens is 1. The average Bonchev–Trinajstić information content (AvgIpc) is 2.17. The van der Waals surface area contributed by atoms with Crippen LogP contribution < -0.4 is 0 Å². The number of ketones is 1. The first-order valence-electron chi connectivity index (χ1n) is 4.74. The van der Waals surface area contributed by atoms with E-state index in [1.54, 1.807) is 6.20 Å². The van der Waals surface area contributed by atoms with Gasteiger partial charge in [0.25, 0.3) is 0 Å². The molecule has 0 aliphatic rings. The lowest BCUT2D eigenvalue weighted by atomic mass is 10.1. The molecule has 0 saturated heterocycles. The van der Waals surface area contributed by atoms with Crippen LogP contribution in [0, 0.1) is 0 Å². The molecule has 0 spiro atoms. The summed E-state index contributed by atoms with van der Waals surface area (Å²) in [5, 5.41) is 0. The van der Waals surface area contributed by atoms with Crippen LogP contribution in [0.5, 0.6) is 0 Å². The third kappa shape index (κ3) is 3.83. The predicted molar refractivity (Wildman–Crippen MR) is 52.5 cm³/mol. The first-order valence-corrected chi connectivity index (χ1v) is 4.74. The zero-order valence-corrected chi connectivity index (χ0v) is 7.99. The molecule has 0 unspecified atom stereocenters. The van der Waals surface area contributed by atoms with Crippen molar-refractivity contribution >= 4 is 5.78 Å². The molecule has 1 rings (SSSR count). The Morgan fingerprint density at radius 3 is 2.85 bits per heavy atom. The van der Waals surface area contributed by atoms with E-state index >= 15 is 0 Å². The van der Waals surface area contributed by atoms with Gasteiger partial charge in [0.05, 0.1) is 0 Å². The Kier molecular flexibility index (Phi) is 4.16. The molecule has 0 aliphatic carbocycles. The number of pyridine rings is 1. The van der Waals surface area contributed by atoms with E-state index in [4.69, 9.17) is 0 Å². The zero-order chi connectivity index (χ0) is 9.52. The summed E-state index contributed by atoms with van der Waals surface area (Å²) in [5.41, 5.74) is 1.01. The number of carbonyl (C=O) groups excluding carboxylic acids is 1. The second-order valence-electron chi connectivity index (χ2n) is 3.11. The van der Waals surface area contributed by atoms with Crippen LogP contribution in [0.2, 0.25) is 0 Å². The summed E-state index contributed by atoms with van der Waals surface area (Å²) in [6, 6.07) is 5.79. The summed E-state index contributed by atoms with van der Waals surface area (Å²) >= 11 is 0. The minimum absolute atomic E-state index is 0.341. The van der Waals surface area contributed by atoms with E-state index in [-0.39, 0.29) is 0 Å². The molecule has 0 atom stereocenters. The first-order chi connectivity index (χ1) is 6.33. The van der Waals surface area contributed by atoms with Gasteiger partial charge in [0, 0.05) is 24.7 Å². The highest BCUT2D eigenvalue weighted by molar-refractivity contribution is 5.78. The topological polar surface area (TPSA) is 30.0 Å². The SMILES string of the molecule is CCCC(=O)CCc1ccccn1. The minimum atomic E-state index is 0.341. The van der Waals surface area contributed by atoms with Crippen molar-refractivity contribution in [1.82, 2.24) is 4.98 Å². The number of hydrogen-bond acceptors (Lipinski definition) is 2. The first kappa shape index (κ1) is 9.90. The molecule has 0 aromatic carbocycles. The van der Waals surface area contributed by atoms with E-state index in [1.165, 1.54) is 0 Å². The van der Waals surface area contributed by atoms with Gasteiger partial charge in [0.15, 0.2) is 0 Å². The van der Waals surface area contributed by atoms with Crippen molar-refractivity contribution in [1.29, 1.82) is 0 Å². The smallest absolute Gasteiger partial charge is 0.133 e. The molecule has 70 valence electrons. The van der Waals surface area contributed by atoms with E-state index in [9.17, 15) is 4.79 Å². The second-order valence-corrected chi connectivity index (χ2v) is 3.11. The summed E-state index contributed by atoms with van der Waals surface area (Å²) in [4.78, 5) is 15.3. The molecule has 1 aromatic rings. The van der Waals surface area contributed by atoms with Gasteiger partial charge in [-0.25, -0.2) is 0 Å².